The van der Waals surface area contributed by atoms with Crippen molar-refractivity contribution in [2.45, 2.75) is 25.3 Å². The lowest BCUT2D eigenvalue weighted by Gasteiger charge is -2.51. The van der Waals surface area contributed by atoms with E-state index in [1.54, 1.807) is 5.57 Å². The number of hydrogen-bond acceptors (Lipinski definition) is 4. The smallest absolute Gasteiger partial charge is 0.211 e. The van der Waals surface area contributed by atoms with Crippen LogP contribution in [-0.4, -0.2) is 57.2 Å². The van der Waals surface area contributed by atoms with Gasteiger partial charge in [-0.25, -0.2) is 13.1 Å². The van der Waals surface area contributed by atoms with E-state index in [2.05, 4.69) is 53.0 Å². The van der Waals surface area contributed by atoms with Crippen LogP contribution in [0.15, 0.2) is 66.0 Å². The van der Waals surface area contributed by atoms with Crippen molar-refractivity contribution in [2.24, 2.45) is 23.7 Å². The van der Waals surface area contributed by atoms with E-state index < -0.39 is 10.0 Å². The molecular weight excluding hydrogens is 406 g/mol. The van der Waals surface area contributed by atoms with Crippen molar-refractivity contribution < 1.29 is 8.42 Å². The summed E-state index contributed by atoms with van der Waals surface area (Å²) in [6, 6.07) is 10.4. The Morgan fingerprint density at radius 1 is 1.16 bits per heavy atom. The Morgan fingerprint density at radius 2 is 1.97 bits per heavy atom. The first-order chi connectivity index (χ1) is 14.9. The molecule has 0 radical (unpaired) electrons. The highest BCUT2D eigenvalue weighted by atomic mass is 32.2. The van der Waals surface area contributed by atoms with Gasteiger partial charge in [0.15, 0.2) is 0 Å². The van der Waals surface area contributed by atoms with Crippen LogP contribution in [0, 0.1) is 23.7 Å². The molecular formula is C25H33N3O2S. The number of aryl methyl sites for hydroxylation is 1. The highest BCUT2D eigenvalue weighted by Gasteiger charge is 2.49. The molecule has 5 nitrogen and oxygen atoms in total. The Morgan fingerprint density at radius 3 is 2.77 bits per heavy atom. The Labute approximate surface area is 186 Å². The second-order valence-electron chi connectivity index (χ2n) is 9.73. The van der Waals surface area contributed by atoms with Crippen LogP contribution >= 0.6 is 0 Å². The van der Waals surface area contributed by atoms with E-state index in [1.807, 2.05) is 30.3 Å². The lowest BCUT2D eigenvalue weighted by Crippen LogP contribution is -2.54. The first kappa shape index (κ1) is 21.0. The van der Waals surface area contributed by atoms with Crippen LogP contribution in [0.25, 0.3) is 0 Å². The lowest BCUT2D eigenvalue weighted by atomic mass is 9.61. The summed E-state index contributed by atoms with van der Waals surface area (Å²) in [5.41, 5.74) is 4.05. The molecule has 6 heteroatoms. The maximum Gasteiger partial charge on any atom is 0.211 e. The van der Waals surface area contributed by atoms with Gasteiger partial charge in [-0.05, 0) is 61.3 Å². The number of nitrogens with zero attached hydrogens (tertiary/aromatic N) is 2. The van der Waals surface area contributed by atoms with Crippen molar-refractivity contribution in [1.29, 1.82) is 0 Å². The lowest BCUT2D eigenvalue weighted by molar-refractivity contribution is 0.0315. The highest BCUT2D eigenvalue weighted by molar-refractivity contribution is 7.89. The third-order valence-corrected chi connectivity index (χ3v) is 9.06. The third kappa shape index (κ3) is 4.13. The quantitative estimate of drug-likeness (QED) is 0.740. The Balaban J connectivity index is 1.23. The molecule has 2 heterocycles. The van der Waals surface area contributed by atoms with E-state index in [-0.39, 0.29) is 5.75 Å². The number of piperidine rings is 1. The molecule has 0 spiro atoms. The molecule has 1 aromatic rings. The normalized spacial score (nSPS) is 32.3. The Hall–Kier alpha value is -1.89. The van der Waals surface area contributed by atoms with Crippen LogP contribution in [0.1, 0.15) is 18.4 Å². The minimum Gasteiger partial charge on any atom is -0.354 e. The summed E-state index contributed by atoms with van der Waals surface area (Å²) >= 11 is 0. The van der Waals surface area contributed by atoms with Crippen LogP contribution in [-0.2, 0) is 16.4 Å². The fourth-order valence-corrected chi connectivity index (χ4v) is 7.39. The van der Waals surface area contributed by atoms with Crippen molar-refractivity contribution in [3.8, 4) is 0 Å². The zero-order valence-electron chi connectivity index (χ0n) is 18.4. The molecule has 0 amide bonds. The predicted molar refractivity (Wildman–Crippen MR) is 125 cm³/mol. The molecule has 1 saturated carbocycles. The summed E-state index contributed by atoms with van der Waals surface area (Å²) in [7, 11) is 1.11. The van der Waals surface area contributed by atoms with Gasteiger partial charge in [-0.1, -0.05) is 42.5 Å². The number of benzene rings is 1. The maximum absolute atomic E-state index is 12.6. The fourth-order valence-electron chi connectivity index (χ4n) is 6.25. The van der Waals surface area contributed by atoms with Crippen LogP contribution in [0.2, 0.25) is 0 Å². The van der Waals surface area contributed by atoms with Crippen LogP contribution in [0.4, 0.5) is 0 Å². The highest BCUT2D eigenvalue weighted by Crippen LogP contribution is 2.52. The van der Waals surface area contributed by atoms with E-state index >= 15 is 0 Å². The van der Waals surface area contributed by atoms with Crippen molar-refractivity contribution in [3.63, 3.8) is 0 Å². The van der Waals surface area contributed by atoms with Crippen LogP contribution < -0.4 is 4.72 Å². The number of sulfonamides is 1. The van der Waals surface area contributed by atoms with Gasteiger partial charge in [0.05, 0.1) is 5.75 Å². The van der Waals surface area contributed by atoms with E-state index in [0.717, 1.165) is 24.9 Å². The van der Waals surface area contributed by atoms with Crippen molar-refractivity contribution in [1.82, 2.24) is 14.5 Å². The van der Waals surface area contributed by atoms with Gasteiger partial charge in [0.1, 0.15) is 0 Å². The maximum atomic E-state index is 12.6. The largest absolute Gasteiger partial charge is 0.354 e. The Kier molecular flexibility index (Phi) is 5.57. The summed E-state index contributed by atoms with van der Waals surface area (Å²) in [5.74, 6) is 2.12. The monoisotopic (exact) mass is 439 g/mol. The van der Waals surface area contributed by atoms with Gasteiger partial charge in [-0.2, -0.15) is 0 Å². The zero-order valence-corrected chi connectivity index (χ0v) is 19.3. The molecule has 0 bridgehead atoms. The first-order valence-electron chi connectivity index (χ1n) is 11.4. The van der Waals surface area contributed by atoms with Gasteiger partial charge in [-0.15, -0.1) is 0 Å². The molecule has 5 atom stereocenters. The topological polar surface area (TPSA) is 52.7 Å². The molecule has 1 N–H and O–H groups in total. The average molecular weight is 440 g/mol. The van der Waals surface area contributed by atoms with Gasteiger partial charge in [-0.3, -0.25) is 0 Å². The number of fused-ring (bicyclic) bond motifs is 2. The number of hydrogen-bond donors (Lipinski definition) is 1. The average Bonchev–Trinajstić information content (AvgIpc) is 3.09. The van der Waals surface area contributed by atoms with Crippen LogP contribution in [0.3, 0.4) is 0 Å². The van der Waals surface area contributed by atoms with E-state index in [4.69, 9.17) is 0 Å². The summed E-state index contributed by atoms with van der Waals surface area (Å²) in [6.07, 6.45) is 12.0. The fraction of sp³-hybridized carbons (Fsp3) is 0.520. The first-order valence-corrected chi connectivity index (χ1v) is 13.1. The van der Waals surface area contributed by atoms with Gasteiger partial charge in [0.25, 0.3) is 0 Å². The van der Waals surface area contributed by atoms with E-state index in [0.29, 0.717) is 42.7 Å². The van der Waals surface area contributed by atoms with Gasteiger partial charge in [0, 0.05) is 44.0 Å². The third-order valence-electron chi connectivity index (χ3n) is 7.72. The molecule has 2 fully saturated rings. The molecule has 2 unspecified atom stereocenters. The molecule has 2 aliphatic heterocycles. The van der Waals surface area contributed by atoms with Gasteiger partial charge >= 0.3 is 0 Å². The van der Waals surface area contributed by atoms with E-state index in [1.165, 1.54) is 5.70 Å². The predicted octanol–water partition coefficient (Wildman–Crippen LogP) is 3.00. The summed E-state index contributed by atoms with van der Waals surface area (Å²) < 4.78 is 28.1. The second kappa shape index (κ2) is 8.23. The minimum atomic E-state index is -3.27. The van der Waals surface area contributed by atoms with Crippen molar-refractivity contribution >= 4 is 10.0 Å². The number of likely N-dealkylation sites (tertiary alicyclic amines) is 1. The van der Waals surface area contributed by atoms with Crippen molar-refractivity contribution in [3.05, 3.63) is 71.6 Å². The summed E-state index contributed by atoms with van der Waals surface area (Å²) in [6.45, 7) is 1.49. The molecule has 1 saturated heterocycles. The number of rotatable bonds is 6. The molecule has 4 aliphatic rings. The SMILES string of the molecule is CN1C=C2C[C@@H]3[C@H](C[C@@H](CNS(=O)(=O)CCc4ccccc4)CN3C)C3C=CC=C1C23. The zero-order chi connectivity index (χ0) is 21.6. The minimum absolute atomic E-state index is 0.147. The van der Waals surface area contributed by atoms with Crippen LogP contribution in [0.5, 0.6) is 0 Å². The van der Waals surface area contributed by atoms with Crippen molar-refractivity contribution in [2.75, 3.05) is 32.9 Å². The van der Waals surface area contributed by atoms with Gasteiger partial charge < -0.3 is 9.80 Å². The van der Waals surface area contributed by atoms with Gasteiger partial charge in [0.2, 0.25) is 10.0 Å². The number of allylic oxidation sites excluding steroid dienone is 4. The molecule has 0 aromatic heterocycles. The molecule has 2 aliphatic carbocycles. The number of nitrogens with one attached hydrogen (secondary N) is 1. The van der Waals surface area contributed by atoms with E-state index in [9.17, 15) is 8.42 Å². The summed E-state index contributed by atoms with van der Waals surface area (Å²) in [4.78, 5) is 4.78. The molecule has 31 heavy (non-hydrogen) atoms. The summed E-state index contributed by atoms with van der Waals surface area (Å²) in [5, 5.41) is 0. The second-order valence-corrected chi connectivity index (χ2v) is 11.7. The Bertz CT molecular complexity index is 1010. The molecule has 166 valence electrons. The molecule has 5 rings (SSSR count). The standard InChI is InChI=1S/C25H33N3O2S/c1-27-16-19(15-26-31(29,30)12-11-18-7-4-3-5-8-18)13-22-21-9-6-10-23-25(21)20(14-24(22)27)17-28(23)2/h3-10,17,19,21-22,24-26H,11-16H2,1-2H3/t19-,21?,22+,24+,25?/m0/s1. The molecule has 1 aromatic carbocycles.